The van der Waals surface area contributed by atoms with Crippen molar-refractivity contribution in [3.63, 3.8) is 0 Å². The van der Waals surface area contributed by atoms with Gasteiger partial charge in [-0.05, 0) is 48.4 Å². The maximum atomic E-state index is 12.8. The Morgan fingerprint density at radius 2 is 1.81 bits per heavy atom. The second kappa shape index (κ2) is 6.24. The third-order valence-corrected chi connectivity index (χ3v) is 4.47. The van der Waals surface area contributed by atoms with Crippen molar-refractivity contribution in [3.05, 3.63) is 59.4 Å². The molecule has 0 unspecified atom stereocenters. The number of sulfonamides is 1. The lowest BCUT2D eigenvalue weighted by molar-refractivity contribution is 0.411. The maximum absolute atomic E-state index is 12.8. The molecule has 0 amide bonds. The van der Waals surface area contributed by atoms with Gasteiger partial charge in [-0.15, -0.1) is 0 Å². The van der Waals surface area contributed by atoms with Crippen LogP contribution in [0, 0.1) is 12.7 Å². The van der Waals surface area contributed by atoms with Gasteiger partial charge in [0.2, 0.25) is 10.0 Å². The first-order valence-corrected chi connectivity index (χ1v) is 7.79. The van der Waals surface area contributed by atoms with E-state index in [0.29, 0.717) is 0 Å². The van der Waals surface area contributed by atoms with Gasteiger partial charge in [-0.1, -0.05) is 12.1 Å². The summed E-state index contributed by atoms with van der Waals surface area (Å²) < 4.78 is 44.6. The molecule has 112 valence electrons. The van der Waals surface area contributed by atoms with Crippen molar-refractivity contribution in [3.8, 4) is 5.75 Å². The number of halogens is 1. The van der Waals surface area contributed by atoms with Crippen LogP contribution in [0.1, 0.15) is 11.1 Å². The number of benzene rings is 2. The van der Waals surface area contributed by atoms with Crippen molar-refractivity contribution in [1.82, 2.24) is 4.72 Å². The highest BCUT2D eigenvalue weighted by molar-refractivity contribution is 7.89. The van der Waals surface area contributed by atoms with Gasteiger partial charge in [-0.2, -0.15) is 0 Å². The minimum Gasteiger partial charge on any atom is -0.496 e. The van der Waals surface area contributed by atoms with Crippen molar-refractivity contribution >= 4 is 10.0 Å². The average Bonchev–Trinajstić information content (AvgIpc) is 2.46. The monoisotopic (exact) mass is 309 g/mol. The SMILES string of the molecule is COc1ccc(CNS(=O)(=O)c2ccc(F)cc2)cc1C. The standard InChI is InChI=1S/C15H16FNO3S/c1-11-9-12(3-8-15(11)20-2)10-17-21(18,19)14-6-4-13(16)5-7-14/h3-9,17H,10H2,1-2H3. The molecule has 1 N–H and O–H groups in total. The third kappa shape index (κ3) is 3.80. The lowest BCUT2D eigenvalue weighted by Crippen LogP contribution is -2.23. The van der Waals surface area contributed by atoms with Gasteiger partial charge < -0.3 is 4.74 Å². The molecular formula is C15H16FNO3S. The molecule has 2 aromatic rings. The molecule has 2 aromatic carbocycles. The lowest BCUT2D eigenvalue weighted by Gasteiger charge is -2.09. The van der Waals surface area contributed by atoms with E-state index >= 15 is 0 Å². The van der Waals surface area contributed by atoms with Crippen LogP contribution in [0.15, 0.2) is 47.4 Å². The van der Waals surface area contributed by atoms with Crippen molar-refractivity contribution in [2.45, 2.75) is 18.4 Å². The van der Waals surface area contributed by atoms with Gasteiger partial charge in [0.1, 0.15) is 11.6 Å². The minimum atomic E-state index is -3.65. The van der Waals surface area contributed by atoms with Crippen LogP contribution in [0.3, 0.4) is 0 Å². The molecule has 21 heavy (non-hydrogen) atoms. The Morgan fingerprint density at radius 3 is 2.38 bits per heavy atom. The van der Waals surface area contributed by atoms with E-state index in [1.165, 1.54) is 12.1 Å². The maximum Gasteiger partial charge on any atom is 0.240 e. The van der Waals surface area contributed by atoms with Gasteiger partial charge >= 0.3 is 0 Å². The topological polar surface area (TPSA) is 55.4 Å². The summed E-state index contributed by atoms with van der Waals surface area (Å²) in [7, 11) is -2.07. The summed E-state index contributed by atoms with van der Waals surface area (Å²) >= 11 is 0. The molecule has 0 saturated carbocycles. The summed E-state index contributed by atoms with van der Waals surface area (Å²) in [6.07, 6.45) is 0. The Kier molecular flexibility index (Phi) is 4.59. The van der Waals surface area contributed by atoms with Gasteiger partial charge in [0.15, 0.2) is 0 Å². The van der Waals surface area contributed by atoms with E-state index in [9.17, 15) is 12.8 Å². The Labute approximate surface area is 123 Å². The summed E-state index contributed by atoms with van der Waals surface area (Å²) in [6.45, 7) is 2.04. The van der Waals surface area contributed by atoms with E-state index in [0.717, 1.165) is 29.0 Å². The van der Waals surface area contributed by atoms with Crippen molar-refractivity contribution < 1.29 is 17.5 Å². The highest BCUT2D eigenvalue weighted by Crippen LogP contribution is 2.19. The fourth-order valence-corrected chi connectivity index (χ4v) is 2.94. The highest BCUT2D eigenvalue weighted by atomic mass is 32.2. The van der Waals surface area contributed by atoms with E-state index in [-0.39, 0.29) is 11.4 Å². The van der Waals surface area contributed by atoms with Gasteiger partial charge in [-0.3, -0.25) is 0 Å². The first kappa shape index (κ1) is 15.5. The summed E-state index contributed by atoms with van der Waals surface area (Å²) in [6, 6.07) is 10.1. The summed E-state index contributed by atoms with van der Waals surface area (Å²) in [4.78, 5) is 0.0362. The molecule has 0 spiro atoms. The van der Waals surface area contributed by atoms with E-state index in [4.69, 9.17) is 4.74 Å². The van der Waals surface area contributed by atoms with Crippen molar-refractivity contribution in [1.29, 1.82) is 0 Å². The summed E-state index contributed by atoms with van der Waals surface area (Å²) in [5, 5.41) is 0. The average molecular weight is 309 g/mol. The molecule has 0 fully saturated rings. The number of methoxy groups -OCH3 is 1. The largest absolute Gasteiger partial charge is 0.496 e. The first-order chi connectivity index (χ1) is 9.92. The van der Waals surface area contributed by atoms with E-state index in [2.05, 4.69) is 4.72 Å². The second-order valence-corrected chi connectivity index (χ2v) is 6.35. The van der Waals surface area contributed by atoms with Gasteiger partial charge in [0.05, 0.1) is 12.0 Å². The Bertz CT molecular complexity index is 727. The van der Waals surface area contributed by atoms with E-state index in [1.54, 1.807) is 19.2 Å². The van der Waals surface area contributed by atoms with Crippen LogP contribution < -0.4 is 9.46 Å². The predicted octanol–water partition coefficient (Wildman–Crippen LogP) is 2.62. The van der Waals surface area contributed by atoms with E-state index < -0.39 is 15.8 Å². The molecule has 6 heteroatoms. The number of rotatable bonds is 5. The normalized spacial score (nSPS) is 11.4. The fourth-order valence-electron chi connectivity index (χ4n) is 1.93. The minimum absolute atomic E-state index is 0.0362. The molecule has 0 bridgehead atoms. The zero-order chi connectivity index (χ0) is 15.5. The quantitative estimate of drug-likeness (QED) is 0.923. The zero-order valence-electron chi connectivity index (χ0n) is 11.8. The lowest BCUT2D eigenvalue weighted by atomic mass is 10.1. The van der Waals surface area contributed by atoms with Crippen LogP contribution in [0.2, 0.25) is 0 Å². The Morgan fingerprint density at radius 1 is 1.14 bits per heavy atom. The van der Waals surface area contributed by atoms with Gasteiger partial charge in [0, 0.05) is 6.54 Å². The third-order valence-electron chi connectivity index (χ3n) is 3.05. The molecule has 0 saturated heterocycles. The predicted molar refractivity (Wildman–Crippen MR) is 78.2 cm³/mol. The van der Waals surface area contributed by atoms with Gasteiger partial charge in [0.25, 0.3) is 0 Å². The number of nitrogens with one attached hydrogen (secondary N) is 1. The van der Waals surface area contributed by atoms with Crippen LogP contribution in [-0.2, 0) is 16.6 Å². The van der Waals surface area contributed by atoms with Crippen molar-refractivity contribution in [2.75, 3.05) is 7.11 Å². The zero-order valence-corrected chi connectivity index (χ0v) is 12.6. The summed E-state index contributed by atoms with van der Waals surface area (Å²) in [5.41, 5.74) is 1.75. The number of hydrogen-bond donors (Lipinski definition) is 1. The van der Waals surface area contributed by atoms with Crippen LogP contribution >= 0.6 is 0 Å². The summed E-state index contributed by atoms with van der Waals surface area (Å²) in [5.74, 6) is 0.278. The van der Waals surface area contributed by atoms with Crippen LogP contribution in [0.4, 0.5) is 4.39 Å². The number of hydrogen-bond acceptors (Lipinski definition) is 3. The molecule has 0 atom stereocenters. The molecule has 0 heterocycles. The van der Waals surface area contributed by atoms with Crippen molar-refractivity contribution in [2.24, 2.45) is 0 Å². The second-order valence-electron chi connectivity index (χ2n) is 4.58. The first-order valence-electron chi connectivity index (χ1n) is 6.31. The smallest absolute Gasteiger partial charge is 0.240 e. The molecule has 4 nitrogen and oxygen atoms in total. The van der Waals surface area contributed by atoms with E-state index in [1.807, 2.05) is 13.0 Å². The van der Waals surface area contributed by atoms with Crippen LogP contribution in [0.25, 0.3) is 0 Å². The van der Waals surface area contributed by atoms with Crippen LogP contribution in [-0.4, -0.2) is 15.5 Å². The molecule has 2 rings (SSSR count). The Hall–Kier alpha value is -1.92. The fraction of sp³-hybridized carbons (Fsp3) is 0.200. The molecule has 0 aliphatic rings. The molecule has 0 aliphatic heterocycles. The molecule has 0 aliphatic carbocycles. The molecule has 0 aromatic heterocycles. The molecule has 0 radical (unpaired) electrons. The number of aryl methyl sites for hydroxylation is 1. The Balaban J connectivity index is 2.11. The van der Waals surface area contributed by atoms with Gasteiger partial charge in [-0.25, -0.2) is 17.5 Å². The van der Waals surface area contributed by atoms with Crippen LogP contribution in [0.5, 0.6) is 5.75 Å². The highest BCUT2D eigenvalue weighted by Gasteiger charge is 2.13. The number of ether oxygens (including phenoxy) is 1. The molecular weight excluding hydrogens is 293 g/mol.